The summed E-state index contributed by atoms with van der Waals surface area (Å²) in [6.45, 7) is 4.89. The molecule has 0 bridgehead atoms. The van der Waals surface area contributed by atoms with Crippen LogP contribution in [0, 0.1) is 0 Å². The van der Waals surface area contributed by atoms with Gasteiger partial charge in [-0.2, -0.15) is 0 Å². The van der Waals surface area contributed by atoms with Gasteiger partial charge in [-0.3, -0.25) is 4.90 Å². The van der Waals surface area contributed by atoms with Crippen LogP contribution in [0.5, 0.6) is 0 Å². The summed E-state index contributed by atoms with van der Waals surface area (Å²) < 4.78 is 1.02. The first-order chi connectivity index (χ1) is 7.54. The van der Waals surface area contributed by atoms with Crippen molar-refractivity contribution in [1.29, 1.82) is 0 Å². The van der Waals surface area contributed by atoms with E-state index in [1.807, 2.05) is 24.3 Å². The van der Waals surface area contributed by atoms with Crippen molar-refractivity contribution in [3.05, 3.63) is 28.7 Å². The smallest absolute Gasteiger partial charge is 0.322 e. The minimum absolute atomic E-state index is 0.00771. The second-order valence-electron chi connectivity index (χ2n) is 4.41. The van der Waals surface area contributed by atoms with Crippen LogP contribution < -0.4 is 10.2 Å². The first-order valence-electron chi connectivity index (χ1n) is 5.39. The van der Waals surface area contributed by atoms with Crippen LogP contribution in [-0.2, 0) is 0 Å². The Morgan fingerprint density at radius 2 is 2.06 bits per heavy atom. The van der Waals surface area contributed by atoms with E-state index in [9.17, 15) is 4.79 Å². The zero-order valence-corrected chi connectivity index (χ0v) is 11.0. The Bertz CT molecular complexity index is 404. The van der Waals surface area contributed by atoms with Crippen molar-refractivity contribution in [3.8, 4) is 0 Å². The zero-order chi connectivity index (χ0) is 11.8. The Morgan fingerprint density at radius 3 is 2.56 bits per heavy atom. The van der Waals surface area contributed by atoms with E-state index < -0.39 is 0 Å². The highest BCUT2D eigenvalue weighted by atomic mass is 79.9. The topological polar surface area (TPSA) is 32.3 Å². The third kappa shape index (κ3) is 2.07. The summed E-state index contributed by atoms with van der Waals surface area (Å²) in [7, 11) is 0. The summed E-state index contributed by atoms with van der Waals surface area (Å²) >= 11 is 3.39. The second-order valence-corrected chi connectivity index (χ2v) is 5.32. The number of carbonyl (C=O) groups is 1. The molecule has 16 heavy (non-hydrogen) atoms. The van der Waals surface area contributed by atoms with Gasteiger partial charge in [0.2, 0.25) is 0 Å². The number of hydrogen-bond acceptors (Lipinski definition) is 1. The summed E-state index contributed by atoms with van der Waals surface area (Å²) in [5, 5.41) is 3.02. The minimum Gasteiger partial charge on any atom is -0.331 e. The Labute approximate surface area is 104 Å². The van der Waals surface area contributed by atoms with Crippen LogP contribution in [0.1, 0.15) is 20.3 Å². The average Bonchev–Trinajstić information content (AvgIpc) is 2.57. The number of rotatable bonds is 2. The molecule has 86 valence electrons. The first kappa shape index (κ1) is 11.5. The molecule has 0 aromatic heterocycles. The molecular weight excluding hydrogens is 268 g/mol. The number of urea groups is 1. The van der Waals surface area contributed by atoms with Crippen LogP contribution >= 0.6 is 15.9 Å². The predicted molar refractivity (Wildman–Crippen MR) is 68.7 cm³/mol. The number of nitrogens with zero attached hydrogens (tertiary/aromatic N) is 1. The Morgan fingerprint density at radius 1 is 1.44 bits per heavy atom. The lowest BCUT2D eigenvalue weighted by atomic mass is 10.0. The number of anilines is 1. The van der Waals surface area contributed by atoms with E-state index in [4.69, 9.17) is 0 Å². The fourth-order valence-corrected chi connectivity index (χ4v) is 2.08. The predicted octanol–water partition coefficient (Wildman–Crippen LogP) is 3.15. The molecular formula is C12H15BrN2O. The average molecular weight is 283 g/mol. The molecule has 1 heterocycles. The quantitative estimate of drug-likeness (QED) is 0.888. The molecule has 3 nitrogen and oxygen atoms in total. The standard InChI is InChI=1S/C12H15BrN2O/c1-3-12(2)8-15(11(16)14-12)10-6-4-9(13)5-7-10/h4-7H,3,8H2,1-2H3,(H,14,16). The maximum absolute atomic E-state index is 11.8. The van der Waals surface area contributed by atoms with Crippen LogP contribution in [0.2, 0.25) is 0 Å². The molecule has 4 heteroatoms. The minimum atomic E-state index is -0.107. The van der Waals surface area contributed by atoms with E-state index in [1.54, 1.807) is 4.90 Å². The lowest BCUT2D eigenvalue weighted by Gasteiger charge is -2.21. The maximum Gasteiger partial charge on any atom is 0.322 e. The van der Waals surface area contributed by atoms with Gasteiger partial charge in [0.05, 0.1) is 12.1 Å². The van der Waals surface area contributed by atoms with Gasteiger partial charge in [-0.1, -0.05) is 22.9 Å². The summed E-state index contributed by atoms with van der Waals surface area (Å²) in [5.41, 5.74) is 0.835. The third-order valence-corrected chi connectivity index (χ3v) is 3.61. The molecule has 1 aliphatic rings. The number of hydrogen-bond donors (Lipinski definition) is 1. The molecule has 2 amide bonds. The fraction of sp³-hybridized carbons (Fsp3) is 0.417. The first-order valence-corrected chi connectivity index (χ1v) is 6.19. The highest BCUT2D eigenvalue weighted by molar-refractivity contribution is 9.10. The van der Waals surface area contributed by atoms with Crippen LogP contribution in [0.3, 0.4) is 0 Å². The van der Waals surface area contributed by atoms with Crippen LogP contribution in [0.25, 0.3) is 0 Å². The van der Waals surface area contributed by atoms with Crippen LogP contribution in [0.15, 0.2) is 28.7 Å². The molecule has 1 fully saturated rings. The van der Waals surface area contributed by atoms with Crippen molar-refractivity contribution in [2.75, 3.05) is 11.4 Å². The van der Waals surface area contributed by atoms with E-state index in [2.05, 4.69) is 35.1 Å². The Kier molecular flexibility index (Phi) is 2.93. The fourth-order valence-electron chi connectivity index (χ4n) is 1.82. The molecule has 1 aromatic carbocycles. The lowest BCUT2D eigenvalue weighted by molar-refractivity contribution is 0.247. The summed E-state index contributed by atoms with van der Waals surface area (Å²) in [6, 6.07) is 7.79. The van der Waals surface area contributed by atoms with E-state index in [1.165, 1.54) is 0 Å². The summed E-state index contributed by atoms with van der Waals surface area (Å²) in [5.74, 6) is 0. The van der Waals surface area contributed by atoms with Gasteiger partial charge in [0.1, 0.15) is 0 Å². The number of amides is 2. The summed E-state index contributed by atoms with van der Waals surface area (Å²) in [6.07, 6.45) is 0.936. The maximum atomic E-state index is 11.8. The molecule has 0 aliphatic carbocycles. The molecule has 1 N–H and O–H groups in total. The van der Waals surface area contributed by atoms with Crippen molar-refractivity contribution < 1.29 is 4.79 Å². The van der Waals surface area contributed by atoms with Gasteiger partial charge in [-0.15, -0.1) is 0 Å². The second kappa shape index (κ2) is 4.09. The molecule has 0 radical (unpaired) electrons. The monoisotopic (exact) mass is 282 g/mol. The molecule has 1 saturated heterocycles. The SMILES string of the molecule is CCC1(C)CN(c2ccc(Br)cc2)C(=O)N1. The van der Waals surface area contributed by atoms with Crippen LogP contribution in [0.4, 0.5) is 10.5 Å². The van der Waals surface area contributed by atoms with Gasteiger partial charge in [-0.05, 0) is 37.6 Å². The molecule has 1 aromatic rings. The van der Waals surface area contributed by atoms with E-state index in [0.29, 0.717) is 0 Å². The van der Waals surface area contributed by atoms with E-state index in [-0.39, 0.29) is 11.6 Å². The van der Waals surface area contributed by atoms with Gasteiger partial charge in [-0.25, -0.2) is 4.79 Å². The van der Waals surface area contributed by atoms with Crippen molar-refractivity contribution in [1.82, 2.24) is 5.32 Å². The molecule has 1 unspecified atom stereocenters. The molecule has 0 saturated carbocycles. The van der Waals surface area contributed by atoms with Crippen molar-refractivity contribution >= 4 is 27.6 Å². The highest BCUT2D eigenvalue weighted by Crippen LogP contribution is 2.26. The Hall–Kier alpha value is -1.03. The van der Waals surface area contributed by atoms with Crippen molar-refractivity contribution in [3.63, 3.8) is 0 Å². The van der Waals surface area contributed by atoms with E-state index in [0.717, 1.165) is 23.1 Å². The van der Waals surface area contributed by atoms with Crippen LogP contribution in [-0.4, -0.2) is 18.1 Å². The number of nitrogens with one attached hydrogen (secondary N) is 1. The van der Waals surface area contributed by atoms with E-state index >= 15 is 0 Å². The van der Waals surface area contributed by atoms with Gasteiger partial charge >= 0.3 is 6.03 Å². The van der Waals surface area contributed by atoms with Gasteiger partial charge in [0.25, 0.3) is 0 Å². The normalized spacial score (nSPS) is 24.7. The molecule has 2 rings (SSSR count). The summed E-state index contributed by atoms with van der Waals surface area (Å²) in [4.78, 5) is 13.6. The lowest BCUT2D eigenvalue weighted by Crippen LogP contribution is -2.39. The highest BCUT2D eigenvalue weighted by Gasteiger charge is 2.37. The van der Waals surface area contributed by atoms with Gasteiger partial charge < -0.3 is 5.32 Å². The zero-order valence-electron chi connectivity index (χ0n) is 9.46. The molecule has 0 spiro atoms. The van der Waals surface area contributed by atoms with Crippen molar-refractivity contribution in [2.24, 2.45) is 0 Å². The number of carbonyl (C=O) groups excluding carboxylic acids is 1. The number of benzene rings is 1. The van der Waals surface area contributed by atoms with Crippen molar-refractivity contribution in [2.45, 2.75) is 25.8 Å². The number of halogens is 1. The van der Waals surface area contributed by atoms with Gasteiger partial charge in [0, 0.05) is 10.2 Å². The van der Waals surface area contributed by atoms with Gasteiger partial charge in [0.15, 0.2) is 0 Å². The molecule has 1 aliphatic heterocycles. The molecule has 1 atom stereocenters. The largest absolute Gasteiger partial charge is 0.331 e. The Balaban J connectivity index is 2.23. The third-order valence-electron chi connectivity index (χ3n) is 3.08.